The third-order valence-corrected chi connectivity index (χ3v) is 4.21. The molecule has 1 heterocycles. The molecule has 0 aliphatic heterocycles. The number of benzene rings is 1. The van der Waals surface area contributed by atoms with E-state index in [1.165, 1.54) is 5.38 Å². The second kappa shape index (κ2) is 9.21. The molecule has 1 aromatic carbocycles. The van der Waals surface area contributed by atoms with Gasteiger partial charge in [0.1, 0.15) is 10.6 Å². The summed E-state index contributed by atoms with van der Waals surface area (Å²) in [7, 11) is 0. The molecule has 0 bridgehead atoms. The molecule has 0 saturated heterocycles. The highest BCUT2D eigenvalue weighted by Crippen LogP contribution is 2.30. The zero-order chi connectivity index (χ0) is 19.1. The molecule has 2 aromatic rings. The quantitative estimate of drug-likeness (QED) is 0.706. The van der Waals surface area contributed by atoms with E-state index in [1.807, 2.05) is 0 Å². The van der Waals surface area contributed by atoms with Gasteiger partial charge in [-0.05, 0) is 32.0 Å². The molecular weight excluding hydrogens is 380 g/mol. The summed E-state index contributed by atoms with van der Waals surface area (Å²) in [6.45, 7) is 3.60. The number of urea groups is 1. The number of amides is 2. The summed E-state index contributed by atoms with van der Waals surface area (Å²) in [6, 6.07) is 6.01. The lowest BCUT2D eigenvalue weighted by molar-refractivity contribution is 0.0481. The number of hydrogen-bond acceptors (Lipinski definition) is 6. The van der Waals surface area contributed by atoms with Gasteiger partial charge in [-0.1, -0.05) is 17.7 Å². The largest absolute Gasteiger partial charge is 0.462 e. The second-order valence-electron chi connectivity index (χ2n) is 4.88. The van der Waals surface area contributed by atoms with E-state index in [0.29, 0.717) is 10.7 Å². The molecule has 0 aliphatic rings. The van der Waals surface area contributed by atoms with Gasteiger partial charge in [-0.3, -0.25) is 5.32 Å². The molecule has 0 atom stereocenters. The van der Waals surface area contributed by atoms with E-state index in [4.69, 9.17) is 21.1 Å². The average molecular weight is 397 g/mol. The van der Waals surface area contributed by atoms with Crippen molar-refractivity contribution in [1.82, 2.24) is 0 Å². The molecule has 2 N–H and O–H groups in total. The zero-order valence-electron chi connectivity index (χ0n) is 14.1. The fraction of sp³-hybridized carbons (Fsp3) is 0.235. The summed E-state index contributed by atoms with van der Waals surface area (Å²) in [4.78, 5) is 36.5. The molecule has 0 unspecified atom stereocenters. The van der Waals surface area contributed by atoms with E-state index in [2.05, 4.69) is 10.6 Å². The van der Waals surface area contributed by atoms with Crippen molar-refractivity contribution in [2.75, 3.05) is 23.8 Å². The van der Waals surface area contributed by atoms with Crippen LogP contribution in [0.5, 0.6) is 0 Å². The minimum atomic E-state index is -0.713. The molecule has 0 spiro atoms. The van der Waals surface area contributed by atoms with Gasteiger partial charge in [0.15, 0.2) is 0 Å². The summed E-state index contributed by atoms with van der Waals surface area (Å²) in [5.41, 5.74) is 0.500. The molecule has 0 aliphatic carbocycles. The van der Waals surface area contributed by atoms with E-state index in [-0.39, 0.29) is 29.3 Å². The van der Waals surface area contributed by atoms with Gasteiger partial charge in [0.05, 0.1) is 18.8 Å². The van der Waals surface area contributed by atoms with Crippen molar-refractivity contribution in [3.8, 4) is 0 Å². The van der Waals surface area contributed by atoms with E-state index in [0.717, 1.165) is 11.3 Å². The number of ether oxygens (including phenoxy) is 2. The molecule has 2 rings (SSSR count). The Kier molecular flexibility index (Phi) is 6.99. The number of rotatable bonds is 6. The van der Waals surface area contributed by atoms with Gasteiger partial charge >= 0.3 is 18.0 Å². The zero-order valence-corrected chi connectivity index (χ0v) is 15.7. The molecule has 7 nitrogen and oxygen atoms in total. The Bertz CT molecular complexity index is 821. The highest BCUT2D eigenvalue weighted by Gasteiger charge is 2.26. The van der Waals surface area contributed by atoms with Crippen LogP contribution in [-0.4, -0.2) is 31.2 Å². The smallest absolute Gasteiger partial charge is 0.342 e. The second-order valence-corrected chi connectivity index (χ2v) is 6.20. The minimum absolute atomic E-state index is 0.0310. The predicted molar refractivity (Wildman–Crippen MR) is 100 cm³/mol. The molecular formula is C17H17ClN2O5S. The molecule has 1 aromatic heterocycles. The van der Waals surface area contributed by atoms with Crippen LogP contribution < -0.4 is 10.6 Å². The van der Waals surface area contributed by atoms with Crippen LogP contribution in [0.1, 0.15) is 34.6 Å². The van der Waals surface area contributed by atoms with Crippen LogP contribution in [0, 0.1) is 0 Å². The molecule has 9 heteroatoms. The molecule has 26 heavy (non-hydrogen) atoms. The lowest BCUT2D eigenvalue weighted by atomic mass is 10.2. The van der Waals surface area contributed by atoms with Crippen LogP contribution in [0.15, 0.2) is 29.6 Å². The molecule has 2 amide bonds. The number of hydrogen-bond donors (Lipinski definition) is 2. The molecule has 138 valence electrons. The summed E-state index contributed by atoms with van der Waals surface area (Å²) in [5.74, 6) is -1.37. The van der Waals surface area contributed by atoms with Crippen molar-refractivity contribution < 1.29 is 23.9 Å². The Morgan fingerprint density at radius 3 is 2.42 bits per heavy atom. The number of halogens is 1. The Morgan fingerprint density at radius 2 is 1.77 bits per heavy atom. The van der Waals surface area contributed by atoms with Crippen molar-refractivity contribution in [3.05, 3.63) is 45.8 Å². The van der Waals surface area contributed by atoms with Crippen molar-refractivity contribution in [2.45, 2.75) is 13.8 Å². The lowest BCUT2D eigenvalue weighted by Gasteiger charge is -2.09. The third-order valence-electron chi connectivity index (χ3n) is 3.08. The lowest BCUT2D eigenvalue weighted by Crippen LogP contribution is -2.21. The normalized spacial score (nSPS) is 10.1. The van der Waals surface area contributed by atoms with E-state index >= 15 is 0 Å². The van der Waals surface area contributed by atoms with Gasteiger partial charge in [-0.25, -0.2) is 14.4 Å². The minimum Gasteiger partial charge on any atom is -0.462 e. The van der Waals surface area contributed by atoms with Crippen molar-refractivity contribution in [2.24, 2.45) is 0 Å². The topological polar surface area (TPSA) is 93.7 Å². The Hall–Kier alpha value is -2.58. The summed E-state index contributed by atoms with van der Waals surface area (Å²) >= 11 is 6.90. The van der Waals surface area contributed by atoms with Gasteiger partial charge in [0, 0.05) is 16.1 Å². The number of esters is 2. The van der Waals surface area contributed by atoms with Crippen LogP contribution in [0.25, 0.3) is 0 Å². The van der Waals surface area contributed by atoms with E-state index in [9.17, 15) is 14.4 Å². The molecule has 0 saturated carbocycles. The average Bonchev–Trinajstić information content (AvgIpc) is 2.98. The number of thiophene rings is 1. The van der Waals surface area contributed by atoms with Gasteiger partial charge in [-0.15, -0.1) is 11.3 Å². The third kappa shape index (κ3) is 4.96. The first-order chi connectivity index (χ1) is 12.5. The van der Waals surface area contributed by atoms with Crippen molar-refractivity contribution >= 4 is 51.6 Å². The number of carbonyl (C=O) groups excluding carboxylic acids is 3. The van der Waals surface area contributed by atoms with Crippen LogP contribution in [0.3, 0.4) is 0 Å². The highest BCUT2D eigenvalue weighted by atomic mass is 35.5. The van der Waals surface area contributed by atoms with Crippen LogP contribution in [0.2, 0.25) is 5.02 Å². The Balaban J connectivity index is 2.23. The highest BCUT2D eigenvalue weighted by molar-refractivity contribution is 7.15. The van der Waals surface area contributed by atoms with Gasteiger partial charge in [0.2, 0.25) is 0 Å². The van der Waals surface area contributed by atoms with Gasteiger partial charge < -0.3 is 14.8 Å². The first-order valence-electron chi connectivity index (χ1n) is 7.75. The van der Waals surface area contributed by atoms with Gasteiger partial charge in [0.25, 0.3) is 0 Å². The van der Waals surface area contributed by atoms with E-state index in [1.54, 1.807) is 38.1 Å². The van der Waals surface area contributed by atoms with Crippen LogP contribution in [0.4, 0.5) is 15.5 Å². The maximum atomic E-state index is 12.2. The number of carbonyl (C=O) groups is 3. The number of anilines is 2. The first-order valence-corrected chi connectivity index (χ1v) is 9.01. The molecule has 0 radical (unpaired) electrons. The van der Waals surface area contributed by atoms with Crippen LogP contribution in [-0.2, 0) is 9.47 Å². The maximum absolute atomic E-state index is 12.2. The summed E-state index contributed by atoms with van der Waals surface area (Å²) < 4.78 is 9.92. The standard InChI is InChI=1S/C17H17ClN2O5S/c1-3-24-15(21)12-9-26-14(13(12)16(22)25-4-2)20-17(23)19-11-7-5-6-10(18)8-11/h5-9H,3-4H2,1-2H3,(H2,19,20,23). The maximum Gasteiger partial charge on any atom is 0.342 e. The summed E-state index contributed by atoms with van der Waals surface area (Å²) in [5, 5.41) is 7.25. The van der Waals surface area contributed by atoms with Crippen molar-refractivity contribution in [1.29, 1.82) is 0 Å². The Labute approximate surface area is 159 Å². The Morgan fingerprint density at radius 1 is 1.08 bits per heavy atom. The van der Waals surface area contributed by atoms with Gasteiger partial charge in [-0.2, -0.15) is 0 Å². The monoisotopic (exact) mass is 396 g/mol. The first kappa shape index (κ1) is 19.7. The SMILES string of the molecule is CCOC(=O)c1csc(NC(=O)Nc2cccc(Cl)c2)c1C(=O)OCC. The van der Waals surface area contributed by atoms with Crippen LogP contribution >= 0.6 is 22.9 Å². The summed E-state index contributed by atoms with van der Waals surface area (Å²) in [6.07, 6.45) is 0. The van der Waals surface area contributed by atoms with E-state index < -0.39 is 18.0 Å². The fourth-order valence-electron chi connectivity index (χ4n) is 2.05. The molecule has 0 fully saturated rings. The van der Waals surface area contributed by atoms with Crippen molar-refractivity contribution in [3.63, 3.8) is 0 Å². The number of nitrogens with one attached hydrogen (secondary N) is 2. The predicted octanol–water partition coefficient (Wildman–Crippen LogP) is 4.40. The fourth-order valence-corrected chi connectivity index (χ4v) is 3.15.